The Kier molecular flexibility index (Phi) is 7.52. The minimum atomic E-state index is -1.51. The number of esters is 1. The number of hydrogen-bond acceptors (Lipinski definition) is 8. The molecule has 3 rings (SSSR count). The quantitative estimate of drug-likeness (QED) is 0.287. The van der Waals surface area contributed by atoms with E-state index >= 15 is 0 Å². The van der Waals surface area contributed by atoms with E-state index in [4.69, 9.17) is 4.74 Å². The molecule has 3 heterocycles. The second-order valence-corrected chi connectivity index (χ2v) is 7.87. The van der Waals surface area contributed by atoms with Crippen LogP contribution in [0.1, 0.15) is 11.8 Å². The number of ether oxygens (including phenoxy) is 1. The molecule has 0 bridgehead atoms. The fourth-order valence-electron chi connectivity index (χ4n) is 2.77. The van der Waals surface area contributed by atoms with Gasteiger partial charge in [-0.05, 0) is 11.4 Å². The average molecular weight is 418 g/mol. The number of nitrogens with zero attached hydrogens (tertiary/aromatic N) is 1. The molecule has 0 unspecified atom stereocenters. The number of rotatable bonds is 6. The van der Waals surface area contributed by atoms with Crippen molar-refractivity contribution in [1.29, 1.82) is 0 Å². The molecule has 8 nitrogen and oxygen atoms in total. The number of carboxylic acid groups (broad SMARTS) is 1. The fourth-order valence-corrected chi connectivity index (χ4v) is 4.80. The second kappa shape index (κ2) is 9.24. The fraction of sp³-hybridized carbons (Fsp3) is 0.375. The first kappa shape index (κ1) is 22.0. The minimum absolute atomic E-state index is 0. The summed E-state index contributed by atoms with van der Waals surface area (Å²) in [7, 11) is 0. The van der Waals surface area contributed by atoms with Gasteiger partial charge in [0.1, 0.15) is 18.0 Å². The van der Waals surface area contributed by atoms with Gasteiger partial charge in [0.15, 0.2) is 0 Å². The molecule has 2 aliphatic heterocycles. The van der Waals surface area contributed by atoms with Crippen molar-refractivity contribution in [1.82, 2.24) is 10.2 Å². The molecule has 0 aliphatic carbocycles. The summed E-state index contributed by atoms with van der Waals surface area (Å²) in [5.41, 5.74) is 0.0296. The first-order valence-electron chi connectivity index (χ1n) is 7.71. The van der Waals surface area contributed by atoms with Crippen LogP contribution in [-0.4, -0.2) is 52.4 Å². The van der Waals surface area contributed by atoms with Crippen LogP contribution < -0.4 is 40.0 Å². The van der Waals surface area contributed by atoms with Crippen molar-refractivity contribution in [2.24, 2.45) is 0 Å². The van der Waals surface area contributed by atoms with Crippen molar-refractivity contribution in [2.45, 2.75) is 24.8 Å². The molecule has 1 fully saturated rings. The van der Waals surface area contributed by atoms with Gasteiger partial charge in [0.05, 0.1) is 18.1 Å². The number of thioether (sulfide) groups is 1. The van der Waals surface area contributed by atoms with E-state index in [1.807, 2.05) is 17.5 Å². The van der Waals surface area contributed by atoms with Crippen LogP contribution in [0, 0.1) is 0 Å². The average Bonchev–Trinajstić information content (AvgIpc) is 3.09. The topological polar surface area (TPSA) is 116 Å². The molecule has 138 valence electrons. The Morgan fingerprint density at radius 3 is 2.74 bits per heavy atom. The summed E-state index contributed by atoms with van der Waals surface area (Å²) in [6, 6.07) is 2.88. The SMILES string of the molecule is CC(=O)OCC1=C(C(=O)[O-])N2C(=O)[C@H](NC(=O)Cc3cccs3)[C@@H]2SC1.[Na+]. The summed E-state index contributed by atoms with van der Waals surface area (Å²) in [4.78, 5) is 48.9. The van der Waals surface area contributed by atoms with Gasteiger partial charge >= 0.3 is 35.5 Å². The smallest absolute Gasteiger partial charge is 0.543 e. The monoisotopic (exact) mass is 418 g/mol. The third-order valence-electron chi connectivity index (χ3n) is 3.92. The third kappa shape index (κ3) is 4.75. The van der Waals surface area contributed by atoms with Gasteiger partial charge in [-0.25, -0.2) is 0 Å². The van der Waals surface area contributed by atoms with Crippen molar-refractivity contribution in [3.63, 3.8) is 0 Å². The number of carboxylic acids is 1. The molecule has 1 saturated heterocycles. The van der Waals surface area contributed by atoms with E-state index in [0.717, 1.165) is 9.78 Å². The van der Waals surface area contributed by atoms with Crippen LogP contribution in [0.5, 0.6) is 0 Å². The number of amides is 2. The molecular weight excluding hydrogens is 403 g/mol. The maximum Gasteiger partial charge on any atom is 1.00 e. The van der Waals surface area contributed by atoms with Crippen LogP contribution >= 0.6 is 23.1 Å². The van der Waals surface area contributed by atoms with Crippen LogP contribution in [0.3, 0.4) is 0 Å². The Labute approximate surface area is 185 Å². The molecule has 2 atom stereocenters. The van der Waals surface area contributed by atoms with E-state index in [-0.39, 0.29) is 59.9 Å². The summed E-state index contributed by atoms with van der Waals surface area (Å²) in [5, 5.41) is 15.5. The summed E-state index contributed by atoms with van der Waals surface area (Å²) < 4.78 is 4.85. The first-order valence-corrected chi connectivity index (χ1v) is 9.64. The van der Waals surface area contributed by atoms with Crippen LogP contribution in [-0.2, 0) is 30.3 Å². The van der Waals surface area contributed by atoms with E-state index in [1.165, 1.54) is 30.0 Å². The van der Waals surface area contributed by atoms with E-state index in [2.05, 4.69) is 5.32 Å². The third-order valence-corrected chi connectivity index (χ3v) is 6.14. The van der Waals surface area contributed by atoms with Crippen molar-refractivity contribution in [2.75, 3.05) is 12.4 Å². The number of carbonyl (C=O) groups is 4. The molecule has 2 aliphatic rings. The Hall–Kier alpha value is -1.33. The number of thiophene rings is 1. The molecule has 0 saturated carbocycles. The Morgan fingerprint density at radius 1 is 1.41 bits per heavy atom. The maximum absolute atomic E-state index is 12.4. The molecule has 1 aromatic rings. The van der Waals surface area contributed by atoms with Gasteiger partial charge in [0.2, 0.25) is 5.91 Å². The van der Waals surface area contributed by atoms with Crippen LogP contribution in [0.2, 0.25) is 0 Å². The number of β-lactam (4-membered cyclic amide) rings is 1. The van der Waals surface area contributed by atoms with Crippen molar-refractivity contribution >= 4 is 46.9 Å². The zero-order valence-electron chi connectivity index (χ0n) is 14.7. The molecule has 0 spiro atoms. The maximum atomic E-state index is 12.4. The standard InChI is InChI=1S/C16H16N2O6S2.Na/c1-8(19)24-6-9-7-26-15-12(14(21)18(15)13(9)16(22)23)17-11(20)5-10-3-2-4-25-10;/h2-4,12,15H,5-7H2,1H3,(H,17,20)(H,22,23);/q;+1/p-1/t12-,15-;/m0./s1. The Morgan fingerprint density at radius 2 is 2.15 bits per heavy atom. The summed E-state index contributed by atoms with van der Waals surface area (Å²) in [6.07, 6.45) is 0.166. The number of carbonyl (C=O) groups excluding carboxylic acids is 4. The van der Waals surface area contributed by atoms with Crippen LogP contribution in [0.4, 0.5) is 0 Å². The predicted octanol–water partition coefficient (Wildman–Crippen LogP) is -3.74. The molecular formula is C16H15N2NaO6S2. The second-order valence-electron chi connectivity index (χ2n) is 5.73. The van der Waals surface area contributed by atoms with Gasteiger partial charge in [-0.1, -0.05) is 6.07 Å². The van der Waals surface area contributed by atoms with Crippen molar-refractivity contribution in [3.8, 4) is 0 Å². The molecule has 27 heavy (non-hydrogen) atoms. The summed E-state index contributed by atoms with van der Waals surface area (Å²) in [6.45, 7) is 1.00. The zero-order chi connectivity index (χ0) is 18.8. The molecule has 0 aromatic carbocycles. The van der Waals surface area contributed by atoms with Gasteiger partial charge in [0.25, 0.3) is 5.91 Å². The van der Waals surface area contributed by atoms with E-state index in [9.17, 15) is 24.3 Å². The van der Waals surface area contributed by atoms with E-state index in [1.54, 1.807) is 0 Å². The number of aliphatic carboxylic acids is 1. The largest absolute Gasteiger partial charge is 1.00 e. The minimum Gasteiger partial charge on any atom is -0.543 e. The number of nitrogens with one attached hydrogen (secondary N) is 1. The molecule has 0 radical (unpaired) electrons. The molecule has 1 aromatic heterocycles. The van der Waals surface area contributed by atoms with Gasteiger partial charge < -0.3 is 20.0 Å². The van der Waals surface area contributed by atoms with Crippen molar-refractivity contribution in [3.05, 3.63) is 33.7 Å². The van der Waals surface area contributed by atoms with Gasteiger partial charge in [0, 0.05) is 23.1 Å². The number of hydrogen-bond donors (Lipinski definition) is 1. The van der Waals surface area contributed by atoms with Gasteiger partial charge in [-0.15, -0.1) is 23.1 Å². The van der Waals surface area contributed by atoms with E-state index < -0.39 is 29.3 Å². The number of fused-ring (bicyclic) bond motifs is 1. The summed E-state index contributed by atoms with van der Waals surface area (Å²) >= 11 is 2.75. The Bertz CT molecular complexity index is 795. The first-order chi connectivity index (χ1) is 12.4. The summed E-state index contributed by atoms with van der Waals surface area (Å²) in [5.74, 6) is -2.59. The molecule has 1 N–H and O–H groups in total. The van der Waals surface area contributed by atoms with Crippen LogP contribution in [0.25, 0.3) is 0 Å². The van der Waals surface area contributed by atoms with Gasteiger partial charge in [-0.2, -0.15) is 0 Å². The predicted molar refractivity (Wildman–Crippen MR) is 91.7 cm³/mol. The molecule has 11 heteroatoms. The van der Waals surface area contributed by atoms with E-state index in [0.29, 0.717) is 5.57 Å². The Balaban J connectivity index is 0.00000261. The normalized spacial score (nSPS) is 20.9. The molecule has 2 amide bonds. The van der Waals surface area contributed by atoms with Crippen LogP contribution in [0.15, 0.2) is 28.8 Å². The van der Waals surface area contributed by atoms with Crippen molar-refractivity contribution < 1.29 is 58.6 Å². The van der Waals surface area contributed by atoms with Gasteiger partial charge in [-0.3, -0.25) is 19.3 Å². The zero-order valence-corrected chi connectivity index (χ0v) is 18.4.